The van der Waals surface area contributed by atoms with Crippen LogP contribution >= 0.6 is 0 Å². The van der Waals surface area contributed by atoms with Gasteiger partial charge in [-0.1, -0.05) is 97.1 Å². The number of para-hydroxylation sites is 2. The van der Waals surface area contributed by atoms with Crippen molar-refractivity contribution in [3.8, 4) is 0 Å². The van der Waals surface area contributed by atoms with Gasteiger partial charge in [-0.15, -0.1) is 0 Å². The number of aromatic nitrogens is 2. The van der Waals surface area contributed by atoms with Gasteiger partial charge in [0.15, 0.2) is 0 Å². The molecule has 0 saturated heterocycles. The highest BCUT2D eigenvalue weighted by Crippen LogP contribution is 2.64. The molecular weight excluding hydrogens is 536 g/mol. The molecule has 0 aliphatic carbocycles. The highest BCUT2D eigenvalue weighted by atomic mass is 15.3. The Labute approximate surface area is 254 Å². The van der Waals surface area contributed by atoms with Crippen molar-refractivity contribution in [2.45, 2.75) is 12.1 Å². The lowest BCUT2D eigenvalue weighted by Crippen LogP contribution is -2.24. The first-order chi connectivity index (χ1) is 21.8. The number of anilines is 4. The summed E-state index contributed by atoms with van der Waals surface area (Å²) in [6, 6.07) is 48.2. The Morgan fingerprint density at radius 1 is 0.409 bits per heavy atom. The molecule has 6 aromatic carbocycles. The Hall–Kier alpha value is -5.74. The van der Waals surface area contributed by atoms with Crippen molar-refractivity contribution < 1.29 is 0 Å². The molecule has 4 heteroatoms. The van der Waals surface area contributed by atoms with Gasteiger partial charge in [0.2, 0.25) is 0 Å². The van der Waals surface area contributed by atoms with Crippen LogP contribution < -0.4 is 9.80 Å². The van der Waals surface area contributed by atoms with Gasteiger partial charge in [-0.05, 0) is 57.9 Å². The fourth-order valence-corrected chi connectivity index (χ4v) is 7.75. The molecule has 0 saturated carbocycles. The van der Waals surface area contributed by atoms with Crippen LogP contribution in [0, 0.1) is 0 Å². The molecule has 0 amide bonds. The second kappa shape index (κ2) is 8.88. The molecule has 2 atom stereocenters. The van der Waals surface area contributed by atoms with Crippen molar-refractivity contribution in [3.63, 3.8) is 0 Å². The molecule has 0 radical (unpaired) electrons. The van der Waals surface area contributed by atoms with Crippen molar-refractivity contribution in [1.82, 2.24) is 9.97 Å². The molecule has 206 valence electrons. The molecule has 0 bridgehead atoms. The van der Waals surface area contributed by atoms with Gasteiger partial charge in [0.1, 0.15) is 0 Å². The summed E-state index contributed by atoms with van der Waals surface area (Å²) in [7, 11) is 0. The molecule has 4 heterocycles. The van der Waals surface area contributed by atoms with Crippen LogP contribution in [0.5, 0.6) is 0 Å². The third-order valence-electron chi connectivity index (χ3n) is 9.57. The van der Waals surface area contributed by atoms with E-state index in [1.165, 1.54) is 44.0 Å². The summed E-state index contributed by atoms with van der Waals surface area (Å²) in [4.78, 5) is 15.0. The summed E-state index contributed by atoms with van der Waals surface area (Å²) in [6.07, 6.45) is 4.10. The first-order valence-electron chi connectivity index (χ1n) is 15.1. The van der Waals surface area contributed by atoms with Gasteiger partial charge < -0.3 is 9.80 Å². The fourth-order valence-electron chi connectivity index (χ4n) is 7.75. The summed E-state index contributed by atoms with van der Waals surface area (Å²) in [6.45, 7) is 0. The number of benzene rings is 6. The molecule has 44 heavy (non-hydrogen) atoms. The molecule has 10 rings (SSSR count). The minimum Gasteiger partial charge on any atom is -0.330 e. The van der Waals surface area contributed by atoms with Gasteiger partial charge in [0.25, 0.3) is 0 Å². The summed E-state index contributed by atoms with van der Waals surface area (Å²) in [5.74, 6) is 0. The topological polar surface area (TPSA) is 32.3 Å². The normalized spacial score (nSPS) is 17.0. The first-order valence-corrected chi connectivity index (χ1v) is 15.1. The maximum absolute atomic E-state index is 4.94. The monoisotopic (exact) mass is 562 g/mol. The SMILES string of the molecule is c1ccc2ncc(N3c4ccc5ccccc5c4C4C3c3c(ccc5ccccc35)N4c3cnc4ccccc4c3)cc2c1. The van der Waals surface area contributed by atoms with Gasteiger partial charge in [-0.25, -0.2) is 0 Å². The van der Waals surface area contributed by atoms with Crippen molar-refractivity contribution in [2.24, 2.45) is 0 Å². The van der Waals surface area contributed by atoms with Gasteiger partial charge in [0, 0.05) is 33.3 Å². The van der Waals surface area contributed by atoms with E-state index < -0.39 is 0 Å². The van der Waals surface area contributed by atoms with Crippen LogP contribution in [0.15, 0.2) is 146 Å². The van der Waals surface area contributed by atoms with Gasteiger partial charge in [-0.3, -0.25) is 9.97 Å². The molecule has 0 spiro atoms. The van der Waals surface area contributed by atoms with Crippen LogP contribution in [0.3, 0.4) is 0 Å². The van der Waals surface area contributed by atoms with E-state index in [0.29, 0.717) is 0 Å². The molecule has 2 aliphatic heterocycles. The second-order valence-corrected chi connectivity index (χ2v) is 11.8. The van der Waals surface area contributed by atoms with E-state index in [2.05, 4.69) is 156 Å². The number of hydrogen-bond donors (Lipinski definition) is 0. The highest BCUT2D eigenvalue weighted by molar-refractivity contribution is 6.02. The maximum Gasteiger partial charge on any atom is 0.0868 e. The Morgan fingerprint density at radius 3 is 1.30 bits per heavy atom. The Bertz CT molecular complexity index is 2280. The van der Waals surface area contributed by atoms with Crippen LogP contribution in [-0.4, -0.2) is 9.97 Å². The Morgan fingerprint density at radius 2 is 0.818 bits per heavy atom. The second-order valence-electron chi connectivity index (χ2n) is 11.8. The molecule has 8 aromatic rings. The smallest absolute Gasteiger partial charge is 0.0868 e. The van der Waals surface area contributed by atoms with E-state index in [0.717, 1.165) is 33.2 Å². The number of hydrogen-bond acceptors (Lipinski definition) is 4. The zero-order chi connectivity index (χ0) is 28.8. The predicted octanol–water partition coefficient (Wildman–Crippen LogP) is 10.2. The summed E-state index contributed by atoms with van der Waals surface area (Å²) >= 11 is 0. The van der Waals surface area contributed by atoms with E-state index in [1.54, 1.807) is 0 Å². The van der Waals surface area contributed by atoms with Gasteiger partial charge in [-0.2, -0.15) is 0 Å². The first kappa shape index (κ1) is 23.8. The quantitative estimate of drug-likeness (QED) is 0.210. The van der Waals surface area contributed by atoms with Crippen LogP contribution in [-0.2, 0) is 0 Å². The van der Waals surface area contributed by atoms with Crippen molar-refractivity contribution in [1.29, 1.82) is 0 Å². The summed E-state index contributed by atoms with van der Waals surface area (Å²) in [5, 5.41) is 7.35. The third kappa shape index (κ3) is 3.22. The lowest BCUT2D eigenvalue weighted by molar-refractivity contribution is 0.638. The van der Waals surface area contributed by atoms with Crippen molar-refractivity contribution in [3.05, 3.63) is 157 Å². The van der Waals surface area contributed by atoms with E-state index >= 15 is 0 Å². The standard InChI is InChI=1S/C40H26N4/c1-5-13-31-25(9-1)17-19-35-37(31)39-40(43(35)29-21-27-11-3-7-15-33(27)41-23-29)38-32-14-6-2-10-26(32)18-20-36(38)44(39)30-22-28-12-4-8-16-34(28)42-24-30/h1-24,39-40H. The number of rotatable bonds is 2. The highest BCUT2D eigenvalue weighted by Gasteiger charge is 2.51. The van der Waals surface area contributed by atoms with Crippen LogP contribution in [0.1, 0.15) is 23.2 Å². The van der Waals surface area contributed by atoms with Gasteiger partial charge >= 0.3 is 0 Å². The molecule has 2 aromatic heterocycles. The maximum atomic E-state index is 4.94. The minimum absolute atomic E-state index is 0.0336. The van der Waals surface area contributed by atoms with E-state index in [1.807, 2.05) is 0 Å². The molecular formula is C40H26N4. The molecule has 2 unspecified atom stereocenters. The minimum atomic E-state index is 0.0336. The zero-order valence-corrected chi connectivity index (χ0v) is 23.8. The van der Waals surface area contributed by atoms with Crippen LogP contribution in [0.2, 0.25) is 0 Å². The summed E-state index contributed by atoms with van der Waals surface area (Å²) in [5.41, 5.74) is 9.36. The molecule has 0 N–H and O–H groups in total. The Kier molecular flexibility index (Phi) is 4.80. The van der Waals surface area contributed by atoms with Gasteiger partial charge in [0.05, 0.1) is 46.9 Å². The summed E-state index contributed by atoms with van der Waals surface area (Å²) < 4.78 is 0. The molecule has 4 nitrogen and oxygen atoms in total. The zero-order valence-electron chi connectivity index (χ0n) is 23.8. The predicted molar refractivity (Wildman–Crippen MR) is 181 cm³/mol. The fraction of sp³-hybridized carbons (Fsp3) is 0.0500. The lowest BCUT2D eigenvalue weighted by Gasteiger charge is -2.29. The largest absolute Gasteiger partial charge is 0.330 e. The van der Waals surface area contributed by atoms with Crippen LogP contribution in [0.25, 0.3) is 43.4 Å². The Balaban J connectivity index is 1.32. The molecule has 2 aliphatic rings. The van der Waals surface area contributed by atoms with Crippen LogP contribution in [0.4, 0.5) is 22.7 Å². The number of nitrogens with zero attached hydrogens (tertiary/aromatic N) is 4. The number of pyridine rings is 2. The molecule has 0 fully saturated rings. The van der Waals surface area contributed by atoms with Crippen molar-refractivity contribution >= 4 is 66.1 Å². The van der Waals surface area contributed by atoms with E-state index in [9.17, 15) is 0 Å². The lowest BCUT2D eigenvalue weighted by atomic mass is 9.93. The van der Waals surface area contributed by atoms with E-state index in [4.69, 9.17) is 9.97 Å². The number of fused-ring (bicyclic) bond motifs is 11. The third-order valence-corrected chi connectivity index (χ3v) is 9.57. The van der Waals surface area contributed by atoms with Crippen molar-refractivity contribution in [2.75, 3.05) is 9.80 Å². The average Bonchev–Trinajstić information content (AvgIpc) is 3.60. The average molecular weight is 563 g/mol. The van der Waals surface area contributed by atoms with E-state index in [-0.39, 0.29) is 12.1 Å².